The molecule has 100 valence electrons. The van der Waals surface area contributed by atoms with Gasteiger partial charge in [0.15, 0.2) is 0 Å². The molecule has 0 saturated heterocycles. The van der Waals surface area contributed by atoms with Gasteiger partial charge in [0.25, 0.3) is 0 Å². The van der Waals surface area contributed by atoms with Gasteiger partial charge in [-0.25, -0.2) is 0 Å². The topological polar surface area (TPSA) is 61.4 Å². The van der Waals surface area contributed by atoms with Gasteiger partial charge in [-0.2, -0.15) is 0 Å². The molecule has 17 heavy (non-hydrogen) atoms. The van der Waals surface area contributed by atoms with Gasteiger partial charge in [0, 0.05) is 19.0 Å². The van der Waals surface area contributed by atoms with Crippen LogP contribution in [0.4, 0.5) is 0 Å². The molecule has 1 rings (SSSR count). The molecule has 0 aliphatic heterocycles. The second-order valence-electron chi connectivity index (χ2n) is 5.42. The molecule has 3 N–H and O–H groups in total. The third-order valence-electron chi connectivity index (χ3n) is 3.28. The van der Waals surface area contributed by atoms with Gasteiger partial charge >= 0.3 is 0 Å². The van der Waals surface area contributed by atoms with Crippen molar-refractivity contribution in [2.75, 3.05) is 13.1 Å². The molecule has 4 nitrogen and oxygen atoms in total. The molecule has 0 spiro atoms. The van der Waals surface area contributed by atoms with E-state index in [9.17, 15) is 9.90 Å². The van der Waals surface area contributed by atoms with Crippen molar-refractivity contribution in [3.63, 3.8) is 0 Å². The Balaban J connectivity index is 2.05. The molecule has 0 heterocycles. The zero-order chi connectivity index (χ0) is 12.7. The smallest absolute Gasteiger partial charge is 0.220 e. The van der Waals surface area contributed by atoms with Gasteiger partial charge in [0.05, 0.1) is 5.60 Å². The Morgan fingerprint density at radius 1 is 1.35 bits per heavy atom. The monoisotopic (exact) mass is 242 g/mol. The molecule has 0 aromatic heterocycles. The van der Waals surface area contributed by atoms with Crippen molar-refractivity contribution in [3.8, 4) is 0 Å². The molecule has 4 heteroatoms. The van der Waals surface area contributed by atoms with Crippen LogP contribution in [0.5, 0.6) is 0 Å². The van der Waals surface area contributed by atoms with Crippen molar-refractivity contribution in [3.05, 3.63) is 0 Å². The SMILES string of the molecule is CC(C)NCCCC(=O)NCC1(O)CCCC1. The normalized spacial score (nSPS) is 18.6. The van der Waals surface area contributed by atoms with Crippen molar-refractivity contribution in [2.45, 2.75) is 64.0 Å². The van der Waals surface area contributed by atoms with Crippen LogP contribution in [0.25, 0.3) is 0 Å². The molecule has 0 bridgehead atoms. The molecule has 1 amide bonds. The Morgan fingerprint density at radius 3 is 2.59 bits per heavy atom. The predicted molar refractivity (Wildman–Crippen MR) is 68.8 cm³/mol. The van der Waals surface area contributed by atoms with E-state index in [0.29, 0.717) is 19.0 Å². The highest BCUT2D eigenvalue weighted by molar-refractivity contribution is 5.75. The van der Waals surface area contributed by atoms with Crippen LogP contribution in [0.2, 0.25) is 0 Å². The van der Waals surface area contributed by atoms with Gasteiger partial charge in [-0.15, -0.1) is 0 Å². The molecule has 1 fully saturated rings. The van der Waals surface area contributed by atoms with E-state index in [0.717, 1.165) is 38.6 Å². The Hall–Kier alpha value is -0.610. The highest BCUT2D eigenvalue weighted by Gasteiger charge is 2.31. The summed E-state index contributed by atoms with van der Waals surface area (Å²) in [5.41, 5.74) is -0.633. The minimum atomic E-state index is -0.633. The minimum absolute atomic E-state index is 0.0517. The number of rotatable bonds is 7. The van der Waals surface area contributed by atoms with E-state index in [1.54, 1.807) is 0 Å². The standard InChI is InChI=1S/C13H26N2O2/c1-11(2)14-9-5-6-12(16)15-10-13(17)7-3-4-8-13/h11,14,17H,3-10H2,1-2H3,(H,15,16). The first-order valence-electron chi connectivity index (χ1n) is 6.74. The average Bonchev–Trinajstić information content (AvgIpc) is 2.69. The number of carbonyl (C=O) groups excluding carboxylic acids is 1. The summed E-state index contributed by atoms with van der Waals surface area (Å²) in [6.07, 6.45) is 5.18. The third kappa shape index (κ3) is 6.03. The van der Waals surface area contributed by atoms with Crippen LogP contribution in [0.15, 0.2) is 0 Å². The van der Waals surface area contributed by atoms with Gasteiger partial charge in [-0.1, -0.05) is 26.7 Å². The van der Waals surface area contributed by atoms with Crippen molar-refractivity contribution in [2.24, 2.45) is 0 Å². The van der Waals surface area contributed by atoms with E-state index < -0.39 is 5.60 Å². The predicted octanol–water partition coefficient (Wildman–Crippen LogP) is 1.19. The first kappa shape index (κ1) is 14.5. The quantitative estimate of drug-likeness (QED) is 0.588. The fourth-order valence-corrected chi connectivity index (χ4v) is 2.20. The molecule has 0 aromatic rings. The lowest BCUT2D eigenvalue weighted by atomic mass is 10.0. The highest BCUT2D eigenvalue weighted by atomic mass is 16.3. The zero-order valence-electron chi connectivity index (χ0n) is 11.1. The highest BCUT2D eigenvalue weighted by Crippen LogP contribution is 2.28. The van der Waals surface area contributed by atoms with Crippen molar-refractivity contribution in [1.29, 1.82) is 0 Å². The Bertz CT molecular complexity index is 236. The summed E-state index contributed by atoms with van der Waals surface area (Å²) in [4.78, 5) is 11.5. The summed E-state index contributed by atoms with van der Waals surface area (Å²) in [6, 6.07) is 0.470. The second-order valence-corrected chi connectivity index (χ2v) is 5.42. The molecule has 1 saturated carbocycles. The van der Waals surface area contributed by atoms with Crippen LogP contribution >= 0.6 is 0 Å². The fourth-order valence-electron chi connectivity index (χ4n) is 2.20. The molecule has 0 atom stereocenters. The van der Waals surface area contributed by atoms with E-state index in [-0.39, 0.29) is 5.91 Å². The van der Waals surface area contributed by atoms with E-state index in [1.807, 2.05) is 0 Å². The summed E-state index contributed by atoms with van der Waals surface area (Å²) < 4.78 is 0. The number of nitrogens with one attached hydrogen (secondary N) is 2. The van der Waals surface area contributed by atoms with Crippen molar-refractivity contribution >= 4 is 5.91 Å². The van der Waals surface area contributed by atoms with Crippen LogP contribution in [0.3, 0.4) is 0 Å². The number of aliphatic hydroxyl groups is 1. The Kier molecular flexibility index (Phi) is 5.92. The maximum Gasteiger partial charge on any atom is 0.220 e. The average molecular weight is 242 g/mol. The van der Waals surface area contributed by atoms with Crippen LogP contribution in [0, 0.1) is 0 Å². The summed E-state index contributed by atoms with van der Waals surface area (Å²) in [6.45, 7) is 5.48. The summed E-state index contributed by atoms with van der Waals surface area (Å²) in [7, 11) is 0. The Labute approximate surface area is 104 Å². The molecule has 1 aliphatic carbocycles. The largest absolute Gasteiger partial charge is 0.388 e. The number of hydrogen-bond donors (Lipinski definition) is 3. The van der Waals surface area contributed by atoms with E-state index in [2.05, 4.69) is 24.5 Å². The molecular weight excluding hydrogens is 216 g/mol. The molecule has 1 aliphatic rings. The molecule has 0 aromatic carbocycles. The fraction of sp³-hybridized carbons (Fsp3) is 0.923. The lowest BCUT2D eigenvalue weighted by Gasteiger charge is -2.22. The van der Waals surface area contributed by atoms with Gasteiger partial charge in [-0.3, -0.25) is 4.79 Å². The molecular formula is C13H26N2O2. The van der Waals surface area contributed by atoms with Crippen molar-refractivity contribution in [1.82, 2.24) is 10.6 Å². The van der Waals surface area contributed by atoms with Crippen molar-refractivity contribution < 1.29 is 9.90 Å². The summed E-state index contributed by atoms with van der Waals surface area (Å²) in [5, 5.41) is 16.2. The second kappa shape index (κ2) is 6.97. The van der Waals surface area contributed by atoms with Crippen LogP contribution in [-0.2, 0) is 4.79 Å². The summed E-state index contributed by atoms with van der Waals surface area (Å²) in [5.74, 6) is 0.0517. The number of carbonyl (C=O) groups is 1. The van der Waals surface area contributed by atoms with E-state index in [4.69, 9.17) is 0 Å². The lowest BCUT2D eigenvalue weighted by molar-refractivity contribution is -0.122. The molecule has 0 radical (unpaired) electrons. The summed E-state index contributed by atoms with van der Waals surface area (Å²) >= 11 is 0. The maximum absolute atomic E-state index is 11.5. The van der Waals surface area contributed by atoms with Gasteiger partial charge in [0.1, 0.15) is 0 Å². The van der Waals surface area contributed by atoms with Crippen LogP contribution in [-0.4, -0.2) is 35.7 Å². The third-order valence-corrected chi connectivity index (χ3v) is 3.28. The first-order valence-corrected chi connectivity index (χ1v) is 6.74. The van der Waals surface area contributed by atoms with Gasteiger partial charge in [-0.05, 0) is 25.8 Å². The van der Waals surface area contributed by atoms with E-state index >= 15 is 0 Å². The zero-order valence-corrected chi connectivity index (χ0v) is 11.1. The number of amides is 1. The van der Waals surface area contributed by atoms with E-state index in [1.165, 1.54) is 0 Å². The van der Waals surface area contributed by atoms with Crippen LogP contribution in [0.1, 0.15) is 52.4 Å². The molecule has 0 unspecified atom stereocenters. The van der Waals surface area contributed by atoms with Gasteiger partial charge in [0.2, 0.25) is 5.91 Å². The first-order chi connectivity index (χ1) is 8.02. The van der Waals surface area contributed by atoms with Crippen LogP contribution < -0.4 is 10.6 Å². The minimum Gasteiger partial charge on any atom is -0.388 e. The lowest BCUT2D eigenvalue weighted by Crippen LogP contribution is -2.40. The number of hydrogen-bond acceptors (Lipinski definition) is 3. The maximum atomic E-state index is 11.5. The van der Waals surface area contributed by atoms with Gasteiger partial charge < -0.3 is 15.7 Å². The Morgan fingerprint density at radius 2 is 2.00 bits per heavy atom.